The first-order valence-corrected chi connectivity index (χ1v) is 17.0. The quantitative estimate of drug-likeness (QED) is 0.0936. The first kappa shape index (κ1) is 45.8. The van der Waals surface area contributed by atoms with Crippen LogP contribution in [0, 0.1) is 6.92 Å². The number of rotatable bonds is 21. The van der Waals surface area contributed by atoms with Crippen molar-refractivity contribution in [3.63, 3.8) is 0 Å². The summed E-state index contributed by atoms with van der Waals surface area (Å²) < 4.78 is 27.3. The molecule has 12 nitrogen and oxygen atoms in total. The van der Waals surface area contributed by atoms with Crippen molar-refractivity contribution in [2.45, 2.75) is 59.9 Å². The number of hydrogen-bond acceptors (Lipinski definition) is 11. The van der Waals surface area contributed by atoms with Gasteiger partial charge < -0.3 is 43.1 Å². The molecule has 0 saturated heterocycles. The van der Waals surface area contributed by atoms with Crippen LogP contribution in [-0.4, -0.2) is 82.3 Å². The fourth-order valence-corrected chi connectivity index (χ4v) is 4.53. The third-order valence-electron chi connectivity index (χ3n) is 5.82. The Morgan fingerprint density at radius 1 is 0.894 bits per heavy atom. The Balaban J connectivity index is 0. The fourth-order valence-electron chi connectivity index (χ4n) is 3.89. The summed E-state index contributed by atoms with van der Waals surface area (Å²) in [7, 11) is 3.25. The van der Waals surface area contributed by atoms with E-state index < -0.39 is 0 Å². The van der Waals surface area contributed by atoms with Gasteiger partial charge in [-0.1, -0.05) is 26.0 Å². The molecule has 0 aliphatic heterocycles. The van der Waals surface area contributed by atoms with Crippen LogP contribution in [-0.2, 0) is 45.2 Å². The van der Waals surface area contributed by atoms with Gasteiger partial charge in [0.25, 0.3) is 6.47 Å². The number of aryl methyl sites for hydroxylation is 1. The predicted octanol–water partition coefficient (Wildman–Crippen LogP) is 5.65. The second-order valence-electron chi connectivity index (χ2n) is 8.80. The van der Waals surface area contributed by atoms with E-state index in [1.807, 2.05) is 64.1 Å². The molecule has 0 unspecified atom stereocenters. The van der Waals surface area contributed by atoms with Crippen molar-refractivity contribution >= 4 is 54.8 Å². The molecule has 2 aromatic carbocycles. The first-order valence-electron chi connectivity index (χ1n) is 15.2. The second kappa shape index (κ2) is 32.6. The summed E-state index contributed by atoms with van der Waals surface area (Å²) in [5.41, 5.74) is 7.63. The third kappa shape index (κ3) is 22.0. The number of amides is 2. The maximum absolute atomic E-state index is 13.6. The molecule has 0 fully saturated rings. The summed E-state index contributed by atoms with van der Waals surface area (Å²) in [5, 5.41) is 6.89. The summed E-state index contributed by atoms with van der Waals surface area (Å²) in [6.45, 7) is 10.3. The molecule has 0 spiro atoms. The van der Waals surface area contributed by atoms with Gasteiger partial charge in [0.05, 0.1) is 51.2 Å². The molecule has 14 heteroatoms. The van der Waals surface area contributed by atoms with Crippen LogP contribution in [0.4, 0.5) is 5.69 Å². The predicted molar refractivity (Wildman–Crippen MR) is 189 cm³/mol. The van der Waals surface area contributed by atoms with E-state index in [0.29, 0.717) is 62.4 Å². The van der Waals surface area contributed by atoms with Crippen LogP contribution in [0.2, 0.25) is 0 Å². The van der Waals surface area contributed by atoms with Gasteiger partial charge in [0, 0.05) is 32.1 Å². The Labute approximate surface area is 288 Å². The normalized spacial score (nSPS) is 9.66. The van der Waals surface area contributed by atoms with Gasteiger partial charge in [0.15, 0.2) is 0 Å². The molecule has 3 N–H and O–H groups in total. The Morgan fingerprint density at radius 2 is 1.45 bits per heavy atom. The minimum Gasteiger partial charge on any atom is -0.493 e. The molecule has 2 rings (SSSR count). The van der Waals surface area contributed by atoms with E-state index in [-0.39, 0.29) is 25.2 Å². The Kier molecular flexibility index (Phi) is 31.8. The second-order valence-corrected chi connectivity index (χ2v) is 10.8. The number of primary amides is 1. The number of carbonyl (C=O) groups excluding carboxylic acids is 3. The lowest BCUT2D eigenvalue weighted by molar-refractivity contribution is -0.123. The average molecular weight is 701 g/mol. The van der Waals surface area contributed by atoms with Crippen LogP contribution in [0.15, 0.2) is 36.4 Å². The highest BCUT2D eigenvalue weighted by atomic mass is 32.2. The summed E-state index contributed by atoms with van der Waals surface area (Å²) in [4.78, 5) is 43.8. The lowest BCUT2D eigenvalue weighted by Gasteiger charge is -2.27. The molecule has 47 heavy (non-hydrogen) atoms. The molecule has 0 radical (unpaired) electrons. The monoisotopic (exact) mass is 700 g/mol. The smallest absolute Gasteiger partial charge is 0.290 e. The number of anilines is 1. The first-order chi connectivity index (χ1) is 22.9. The Bertz CT molecular complexity index is 1100. The topological polar surface area (TPSA) is 164 Å². The van der Waals surface area contributed by atoms with Crippen LogP contribution in [0.3, 0.4) is 0 Å². The fraction of sp³-hybridized carbons (Fsp3) is 0.515. The number of hydrogen-bond donors (Lipinski definition) is 2. The van der Waals surface area contributed by atoms with E-state index in [4.69, 9.17) is 37.3 Å². The number of carboxylic acid groups (broad SMARTS) is 1. The highest BCUT2D eigenvalue weighted by Gasteiger charge is 2.21. The van der Waals surface area contributed by atoms with Crippen molar-refractivity contribution in [3.8, 4) is 11.5 Å². The van der Waals surface area contributed by atoms with Crippen LogP contribution in [0.1, 0.15) is 56.7 Å². The van der Waals surface area contributed by atoms with Crippen LogP contribution in [0.25, 0.3) is 0 Å². The van der Waals surface area contributed by atoms with Crippen molar-refractivity contribution in [1.82, 2.24) is 0 Å². The zero-order valence-electron chi connectivity index (χ0n) is 28.4. The molecule has 0 heterocycles. The minimum absolute atomic E-state index is 0.00144. The molecule has 0 bridgehead atoms. The number of nitrogens with zero attached hydrogens (tertiary/aromatic N) is 1. The zero-order chi connectivity index (χ0) is 35.7. The largest absolute Gasteiger partial charge is 0.493 e. The van der Waals surface area contributed by atoms with Crippen LogP contribution in [0.5, 0.6) is 11.5 Å². The summed E-state index contributed by atoms with van der Waals surface area (Å²) in [6, 6.07) is 11.5. The summed E-state index contributed by atoms with van der Waals surface area (Å²) in [5.74, 6) is 2.74. The molecule has 0 atom stereocenters. The van der Waals surface area contributed by atoms with E-state index in [1.54, 1.807) is 19.1 Å². The van der Waals surface area contributed by atoms with Gasteiger partial charge in [0.2, 0.25) is 12.3 Å². The molecular formula is C33H52N2O10S2. The maximum Gasteiger partial charge on any atom is 0.290 e. The number of ether oxygens (including phenoxy) is 3. The summed E-state index contributed by atoms with van der Waals surface area (Å²) >= 11 is 2.65. The van der Waals surface area contributed by atoms with Crippen molar-refractivity contribution < 1.29 is 46.9 Å². The molecule has 0 aliphatic rings. The average Bonchev–Trinajstić information content (AvgIpc) is 3.07. The maximum atomic E-state index is 13.6. The van der Waals surface area contributed by atoms with Gasteiger partial charge in [-0.2, -0.15) is 0 Å². The zero-order valence-corrected chi connectivity index (χ0v) is 30.1. The SMILES string of the molecule is CC.CCOCCCCC(=O)N(Cc1cc(OCCSOC)ccc1CC=O)c1cc(OCCSOC)ccc1C.NC=O.O=CO. The van der Waals surface area contributed by atoms with Crippen LogP contribution < -0.4 is 20.1 Å². The van der Waals surface area contributed by atoms with Crippen LogP contribution >= 0.6 is 24.1 Å². The standard InChI is InChI=1S/C29H41NO7S2.C2H6.CH3NO.CH2O2/c1-5-35-15-7-6-8-29(32)30(28-21-27(11-9-23(28)2)37-17-19-39-34-4)22-25-20-26(36-16-18-38-33-3)12-10-24(25)13-14-31;1-2;2*2-1-3/h9-12,14,20-21H,5-8,13,15-19,22H2,1-4H3;1-2H3;1H,(H2,2,3);1H,(H,2,3). The number of carbonyl (C=O) groups is 4. The van der Waals surface area contributed by atoms with Gasteiger partial charge in [-0.25, -0.2) is 0 Å². The van der Waals surface area contributed by atoms with Gasteiger partial charge in [-0.05, 0) is 85.7 Å². The van der Waals surface area contributed by atoms with E-state index in [9.17, 15) is 9.59 Å². The number of aldehydes is 1. The van der Waals surface area contributed by atoms with Crippen molar-refractivity contribution in [2.75, 3.05) is 57.1 Å². The van der Waals surface area contributed by atoms with Crippen molar-refractivity contribution in [1.29, 1.82) is 0 Å². The van der Waals surface area contributed by atoms with Gasteiger partial charge in [-0.15, -0.1) is 0 Å². The van der Waals surface area contributed by atoms with Gasteiger partial charge in [0.1, 0.15) is 17.8 Å². The molecule has 0 aliphatic carbocycles. The Hall–Kier alpha value is -3.30. The number of nitrogens with two attached hydrogens (primary N) is 1. The van der Waals surface area contributed by atoms with E-state index in [2.05, 4.69) is 5.73 Å². The van der Waals surface area contributed by atoms with E-state index >= 15 is 0 Å². The van der Waals surface area contributed by atoms with Gasteiger partial charge >= 0.3 is 0 Å². The number of unbranched alkanes of at least 4 members (excludes halogenated alkanes) is 1. The third-order valence-corrected chi connectivity index (χ3v) is 6.96. The lowest BCUT2D eigenvalue weighted by Crippen LogP contribution is -2.31. The molecule has 2 aromatic rings. The molecule has 0 saturated carbocycles. The summed E-state index contributed by atoms with van der Waals surface area (Å²) in [6.07, 6.45) is 3.30. The molecule has 266 valence electrons. The van der Waals surface area contributed by atoms with E-state index in [0.717, 1.165) is 41.5 Å². The molecular weight excluding hydrogens is 649 g/mol. The highest BCUT2D eigenvalue weighted by molar-refractivity contribution is 7.94. The molecule has 0 aromatic heterocycles. The Morgan fingerprint density at radius 3 is 1.98 bits per heavy atom. The van der Waals surface area contributed by atoms with E-state index in [1.165, 1.54) is 24.1 Å². The molecule has 2 amide bonds. The van der Waals surface area contributed by atoms with Crippen molar-refractivity contribution in [3.05, 3.63) is 53.1 Å². The van der Waals surface area contributed by atoms with Crippen molar-refractivity contribution in [2.24, 2.45) is 5.73 Å². The van der Waals surface area contributed by atoms with Gasteiger partial charge in [-0.3, -0.25) is 14.4 Å². The lowest BCUT2D eigenvalue weighted by atomic mass is 10.0. The minimum atomic E-state index is -0.250. The number of benzene rings is 2. The highest BCUT2D eigenvalue weighted by Crippen LogP contribution is 2.30.